The van der Waals surface area contributed by atoms with Gasteiger partial charge in [0.1, 0.15) is 44.9 Å². The van der Waals surface area contributed by atoms with Gasteiger partial charge in [-0.1, -0.05) is 64.1 Å². The first-order chi connectivity index (χ1) is 57.3. The zero-order valence-corrected chi connectivity index (χ0v) is 67.3. The fraction of sp³-hybridized carbons (Fsp3) is 0.383. The molecule has 20 rings (SSSR count). The first kappa shape index (κ1) is 82.1. The van der Waals surface area contributed by atoms with Crippen LogP contribution in [0, 0.1) is 53.5 Å². The largest absolute Gasteiger partial charge is 0.477 e. The highest BCUT2D eigenvalue weighted by Crippen LogP contribution is 2.46. The third-order valence-electron chi connectivity index (χ3n) is 21.0. The molecule has 2 saturated heterocycles. The van der Waals surface area contributed by atoms with E-state index in [-0.39, 0.29) is 102 Å². The van der Waals surface area contributed by atoms with Crippen molar-refractivity contribution >= 4 is 87.5 Å². The number of hydrogen-bond donors (Lipinski definition) is 3. The third kappa shape index (κ3) is 17.2. The van der Waals surface area contributed by atoms with Gasteiger partial charge in [-0.25, -0.2) is 58.5 Å². The second-order valence-electron chi connectivity index (χ2n) is 29.7. The molecule has 3 N–H and O–H groups in total. The van der Waals surface area contributed by atoms with Gasteiger partial charge in [-0.15, -0.1) is 0 Å². The van der Waals surface area contributed by atoms with Crippen LogP contribution in [0.5, 0.6) is 29.4 Å². The molecule has 3 saturated carbocycles. The number of rotatable bonds is 13. The molecule has 5 aromatic heterocycles. The number of ether oxygens (including phenoxy) is 5. The van der Waals surface area contributed by atoms with Crippen LogP contribution >= 0.6 is 58.0 Å². The Bertz CT molecular complexity index is 5650. The van der Waals surface area contributed by atoms with Gasteiger partial charge in [-0.3, -0.25) is 24.0 Å². The Labute approximate surface area is 698 Å². The zero-order chi connectivity index (χ0) is 83.4. The number of nitrogens with zero attached hydrogens (tertiary/aromatic N) is 12. The van der Waals surface area contributed by atoms with Crippen LogP contribution in [0.15, 0.2) is 66.7 Å². The van der Waals surface area contributed by atoms with Crippen molar-refractivity contribution < 1.29 is 82.8 Å². The lowest BCUT2D eigenvalue weighted by Crippen LogP contribution is -2.42. The highest BCUT2D eigenvalue weighted by atomic mass is 35.5. The number of aryl methyl sites for hydroxylation is 6. The highest BCUT2D eigenvalue weighted by molar-refractivity contribution is 6.32. The van der Waals surface area contributed by atoms with Crippen molar-refractivity contribution in [2.24, 2.45) is 0 Å². The predicted octanol–water partition coefficient (Wildman–Crippen LogP) is 15.7. The van der Waals surface area contributed by atoms with Gasteiger partial charge >= 0.3 is 0 Å². The number of amides is 5. The summed E-state index contributed by atoms with van der Waals surface area (Å²) in [4.78, 5) is 66.3. The van der Waals surface area contributed by atoms with E-state index in [4.69, 9.17) is 81.7 Å². The van der Waals surface area contributed by atoms with Crippen molar-refractivity contribution in [3.05, 3.63) is 172 Å². The van der Waals surface area contributed by atoms with Crippen LogP contribution < -0.4 is 39.6 Å². The first-order valence-corrected chi connectivity index (χ1v) is 40.8. The number of likely N-dealkylation sites (tertiary alicyclic amines) is 2. The Morgan fingerprint density at radius 3 is 1.05 bits per heavy atom. The van der Waals surface area contributed by atoms with Crippen LogP contribution in [0.4, 0.5) is 35.1 Å². The molecule has 3 aliphatic carbocycles. The monoisotopic (exact) mass is 1740 g/mol. The summed E-state index contributed by atoms with van der Waals surface area (Å²) in [6.45, 7) is 10.2. The van der Waals surface area contributed by atoms with E-state index >= 15 is 0 Å². The standard InChI is InChI=1S/C17H17ClFN3O2.3C16H14ClF2N3O2.C16H15ClFN3O2/c1-10-8-12(18)13(19)9-11(10)14-15(16(23)21-4-2-5-21)20-22-6-3-7-24-17(14)22;17-10-5-4-9(12(18)13(10)19)11-14(15(23)20-8-2-3-8)21-22-6-1-7-24-16(11)22;17-13-10(18)6-8(7-11(13)19)12-14(15(23)20-9-2-3-9)21-22-4-1-5-24-16(12)22;17-13-10(18)7-9(8-11(13)19)12-14(15(23)21-3-1-4-21)20-22-5-2-6-24-16(12)22;17-11-8-9(2-5-12(11)18)13-14(15(22)19-10-3-4-10)20-21-6-1-7-23-16(13)21/h8-9H,2-7H2,1H3;4-5,8H,1-3,6-7H2,(H,20,23);6-7,9H,1-5H2,(H,20,23);7-8H,1-6H2;2,5,8,10H,1,3-4,6-7H2,(H,19,22). The van der Waals surface area contributed by atoms with Crippen molar-refractivity contribution in [2.75, 3.05) is 59.2 Å². The molecule has 38 heteroatoms. The molecule has 0 radical (unpaired) electrons. The lowest BCUT2D eigenvalue weighted by Gasteiger charge is -2.30. The molecule has 624 valence electrons. The van der Waals surface area contributed by atoms with E-state index in [1.54, 1.807) is 40.7 Å². The van der Waals surface area contributed by atoms with Crippen molar-refractivity contribution in [1.29, 1.82) is 0 Å². The summed E-state index contributed by atoms with van der Waals surface area (Å²) in [6, 6.07) is 14.8. The normalized spacial score (nSPS) is 16.5. The smallest absolute Gasteiger partial charge is 0.275 e. The number of benzene rings is 5. The Balaban J connectivity index is 0.000000111. The van der Waals surface area contributed by atoms with E-state index in [0.717, 1.165) is 126 Å². The molecular formula is C81H74Cl5F8N15O10. The lowest BCUT2D eigenvalue weighted by atomic mass is 9.99. The Hall–Kier alpha value is -10.6. The van der Waals surface area contributed by atoms with Gasteiger partial charge in [0.15, 0.2) is 40.1 Å². The molecule has 0 spiro atoms. The number of aromatic nitrogens is 10. The lowest BCUT2D eigenvalue weighted by molar-refractivity contribution is 0.0638. The molecule has 0 bridgehead atoms. The van der Waals surface area contributed by atoms with E-state index in [0.29, 0.717) is 147 Å². The third-order valence-corrected chi connectivity index (χ3v) is 22.6. The van der Waals surface area contributed by atoms with Gasteiger partial charge in [0.25, 0.3) is 29.5 Å². The molecule has 0 unspecified atom stereocenters. The summed E-state index contributed by atoms with van der Waals surface area (Å²) < 4.78 is 148. The molecule has 5 aromatic carbocycles. The summed E-state index contributed by atoms with van der Waals surface area (Å²) >= 11 is 28.5. The van der Waals surface area contributed by atoms with Gasteiger partial charge in [-0.05, 0) is 147 Å². The second kappa shape index (κ2) is 34.6. The summed E-state index contributed by atoms with van der Waals surface area (Å²) in [5.41, 5.74) is 5.17. The Morgan fingerprint density at radius 1 is 0.345 bits per heavy atom. The van der Waals surface area contributed by atoms with Crippen LogP contribution in [0.2, 0.25) is 25.1 Å². The Morgan fingerprint density at radius 2 is 0.681 bits per heavy atom. The highest BCUT2D eigenvalue weighted by Gasteiger charge is 2.39. The van der Waals surface area contributed by atoms with E-state index in [9.17, 15) is 59.1 Å². The van der Waals surface area contributed by atoms with E-state index < -0.39 is 62.5 Å². The fourth-order valence-corrected chi connectivity index (χ4v) is 14.9. The number of carbonyl (C=O) groups is 5. The van der Waals surface area contributed by atoms with Crippen LogP contribution in [0.3, 0.4) is 0 Å². The molecule has 12 heterocycles. The first-order valence-electron chi connectivity index (χ1n) is 38.9. The molecule has 10 aliphatic rings. The van der Waals surface area contributed by atoms with E-state index in [2.05, 4.69) is 41.4 Å². The maximum atomic E-state index is 14.4. The number of hydrogen-bond acceptors (Lipinski definition) is 15. The molecule has 5 fully saturated rings. The van der Waals surface area contributed by atoms with Crippen LogP contribution in [0.1, 0.15) is 141 Å². The van der Waals surface area contributed by atoms with Crippen molar-refractivity contribution in [3.63, 3.8) is 0 Å². The summed E-state index contributed by atoms with van der Waals surface area (Å²) in [5.74, 6) is -6.15. The topological polar surface area (TPSA) is 263 Å². The van der Waals surface area contributed by atoms with Crippen molar-refractivity contribution in [3.8, 4) is 85.0 Å². The second-order valence-corrected chi connectivity index (χ2v) is 31.7. The summed E-state index contributed by atoms with van der Waals surface area (Å²) in [7, 11) is 0. The molecule has 0 atom stereocenters. The average Bonchev–Trinajstić information content (AvgIpc) is 1.66. The Kier molecular flexibility index (Phi) is 23.9. The minimum Gasteiger partial charge on any atom is -0.477 e. The fourth-order valence-electron chi connectivity index (χ4n) is 14.2. The van der Waals surface area contributed by atoms with Crippen molar-refractivity contribution in [2.45, 2.75) is 141 Å². The number of halogens is 13. The average molecular weight is 1750 g/mol. The summed E-state index contributed by atoms with van der Waals surface area (Å²) in [5, 5.41) is 29.0. The van der Waals surface area contributed by atoms with Gasteiger partial charge in [0, 0.05) is 115 Å². The SMILES string of the molecule is Cc1cc(Cl)c(F)cc1-c1c(C(=O)N2CCC2)nn2c1OCCC2.O=C(NC1CC1)c1nn2c(c1-c1cc(F)c(Cl)c(F)c1)OCCC2.O=C(NC1CC1)c1nn2c(c1-c1ccc(Cl)c(F)c1F)OCCC2.O=C(NC1CC1)c1nn2c(c1-c1ccc(F)c(Cl)c1)OCCC2.O=C(c1nn2c(c1-c1cc(F)c(Cl)c(F)c1)OCCC2)N1CCC1. The zero-order valence-electron chi connectivity index (χ0n) is 63.5. The minimum absolute atomic E-state index is 0.00631. The minimum atomic E-state index is -1.15. The molecular weight excluding hydrogens is 1670 g/mol. The molecule has 119 heavy (non-hydrogen) atoms. The number of carbonyl (C=O) groups excluding carboxylic acids is 5. The number of fused-ring (bicyclic) bond motifs is 5. The van der Waals surface area contributed by atoms with Crippen molar-refractivity contribution in [1.82, 2.24) is 74.7 Å². The van der Waals surface area contributed by atoms with Crippen LogP contribution in [-0.4, -0.2) is 166 Å². The van der Waals surface area contributed by atoms with Crippen LogP contribution in [0.25, 0.3) is 55.6 Å². The van der Waals surface area contributed by atoms with Gasteiger partial charge < -0.3 is 49.4 Å². The van der Waals surface area contributed by atoms with Crippen LogP contribution in [-0.2, 0) is 32.7 Å². The predicted molar refractivity (Wildman–Crippen MR) is 421 cm³/mol. The molecule has 5 amide bonds. The molecule has 7 aliphatic heterocycles. The van der Waals surface area contributed by atoms with Gasteiger partial charge in [0.05, 0.1) is 75.9 Å². The maximum Gasteiger partial charge on any atom is 0.275 e. The van der Waals surface area contributed by atoms with Gasteiger partial charge in [-0.2, -0.15) is 25.5 Å². The molecule has 25 nitrogen and oxygen atoms in total. The quantitative estimate of drug-likeness (QED) is 0.0716. The van der Waals surface area contributed by atoms with E-state index in [1.165, 1.54) is 35.0 Å². The van der Waals surface area contributed by atoms with Gasteiger partial charge in [0.2, 0.25) is 29.4 Å². The van der Waals surface area contributed by atoms with E-state index in [1.807, 2.05) is 6.92 Å². The number of nitrogens with one attached hydrogen (secondary N) is 3. The maximum absolute atomic E-state index is 14.4. The molecule has 10 aromatic rings. The summed E-state index contributed by atoms with van der Waals surface area (Å²) in [6.07, 6.45) is 11.5.